The second kappa shape index (κ2) is 5.73. The zero-order valence-electron chi connectivity index (χ0n) is 10.5. The van der Waals surface area contributed by atoms with Crippen molar-refractivity contribution in [2.75, 3.05) is 0 Å². The maximum Gasteiger partial charge on any atom is 0.254 e. The van der Waals surface area contributed by atoms with E-state index in [2.05, 4.69) is 10.3 Å². The van der Waals surface area contributed by atoms with Gasteiger partial charge in [-0.05, 0) is 30.7 Å². The van der Waals surface area contributed by atoms with Crippen LogP contribution in [0.25, 0.3) is 0 Å². The largest absolute Gasteiger partial charge is 0.345 e. The number of aromatic nitrogens is 1. The van der Waals surface area contributed by atoms with Gasteiger partial charge in [0.1, 0.15) is 5.82 Å². The molecule has 1 atom stereocenters. The van der Waals surface area contributed by atoms with Gasteiger partial charge in [-0.25, -0.2) is 13.8 Å². The number of carbonyl (C=O) groups excluding carboxylic acids is 1. The van der Waals surface area contributed by atoms with Crippen molar-refractivity contribution in [3.63, 3.8) is 0 Å². The topological polar surface area (TPSA) is 42.0 Å². The Bertz CT molecular complexity index is 629. The maximum atomic E-state index is 13.4. The van der Waals surface area contributed by atoms with Crippen LogP contribution >= 0.6 is 0 Å². The summed E-state index contributed by atoms with van der Waals surface area (Å²) in [6.45, 7) is 1.65. The van der Waals surface area contributed by atoms with E-state index in [9.17, 15) is 18.0 Å². The summed E-state index contributed by atoms with van der Waals surface area (Å²) >= 11 is 0. The minimum Gasteiger partial charge on any atom is -0.345 e. The van der Waals surface area contributed by atoms with Crippen LogP contribution in [0.1, 0.15) is 28.9 Å². The summed E-state index contributed by atoms with van der Waals surface area (Å²) in [4.78, 5) is 15.0. The molecule has 1 aromatic heterocycles. The van der Waals surface area contributed by atoms with E-state index in [1.54, 1.807) is 6.92 Å². The van der Waals surface area contributed by atoms with Crippen molar-refractivity contribution < 1.29 is 18.0 Å². The molecule has 1 amide bonds. The first-order chi connectivity index (χ1) is 9.49. The number of carbonyl (C=O) groups is 1. The molecule has 1 unspecified atom stereocenters. The van der Waals surface area contributed by atoms with Gasteiger partial charge in [-0.2, -0.15) is 4.39 Å². The molecule has 0 saturated carbocycles. The average molecular weight is 280 g/mol. The maximum absolute atomic E-state index is 13.4. The van der Waals surface area contributed by atoms with Crippen LogP contribution in [0.5, 0.6) is 0 Å². The van der Waals surface area contributed by atoms with Gasteiger partial charge in [-0.15, -0.1) is 0 Å². The Morgan fingerprint density at radius 1 is 1.15 bits per heavy atom. The lowest BCUT2D eigenvalue weighted by Crippen LogP contribution is -2.27. The number of hydrogen-bond acceptors (Lipinski definition) is 2. The van der Waals surface area contributed by atoms with Gasteiger partial charge in [-0.1, -0.05) is 12.1 Å². The molecule has 0 aliphatic rings. The van der Waals surface area contributed by atoms with Crippen LogP contribution in [0.15, 0.2) is 36.5 Å². The van der Waals surface area contributed by atoms with Crippen LogP contribution in [-0.2, 0) is 0 Å². The summed E-state index contributed by atoms with van der Waals surface area (Å²) in [6.07, 6.45) is 1.01. The Morgan fingerprint density at radius 3 is 2.45 bits per heavy atom. The van der Waals surface area contributed by atoms with E-state index in [1.165, 1.54) is 24.3 Å². The fourth-order valence-corrected chi connectivity index (χ4v) is 1.70. The van der Waals surface area contributed by atoms with Gasteiger partial charge in [0.05, 0.1) is 11.6 Å². The van der Waals surface area contributed by atoms with Gasteiger partial charge in [0.2, 0.25) is 5.95 Å². The predicted molar refractivity (Wildman–Crippen MR) is 66.4 cm³/mol. The van der Waals surface area contributed by atoms with Crippen LogP contribution in [0, 0.1) is 17.6 Å². The van der Waals surface area contributed by atoms with Crippen molar-refractivity contribution in [2.45, 2.75) is 13.0 Å². The van der Waals surface area contributed by atoms with Crippen LogP contribution < -0.4 is 5.32 Å². The van der Waals surface area contributed by atoms with Gasteiger partial charge < -0.3 is 5.32 Å². The molecule has 3 nitrogen and oxygen atoms in total. The van der Waals surface area contributed by atoms with Crippen LogP contribution in [0.4, 0.5) is 13.2 Å². The second-order valence-electron chi connectivity index (χ2n) is 4.21. The third-order valence-corrected chi connectivity index (χ3v) is 2.81. The average Bonchev–Trinajstić information content (AvgIpc) is 2.42. The number of nitrogens with one attached hydrogen (secondary N) is 1. The standard InChI is InChI=1S/C14H11F3N2O/c1-8(9-2-4-10(15)5-3-9)19-14(20)11-6-7-18-13(17)12(11)16/h2-8H,1H3,(H,19,20). The molecule has 0 radical (unpaired) electrons. The molecule has 0 bridgehead atoms. The Kier molecular flexibility index (Phi) is 4.02. The molecule has 1 aromatic carbocycles. The Balaban J connectivity index is 2.15. The number of rotatable bonds is 3. The highest BCUT2D eigenvalue weighted by molar-refractivity contribution is 5.94. The Hall–Kier alpha value is -2.37. The highest BCUT2D eigenvalue weighted by Crippen LogP contribution is 2.15. The first-order valence-electron chi connectivity index (χ1n) is 5.85. The minimum absolute atomic E-state index is 0.394. The fraction of sp³-hybridized carbons (Fsp3) is 0.143. The molecule has 0 aliphatic carbocycles. The molecule has 2 rings (SSSR count). The lowest BCUT2D eigenvalue weighted by atomic mass is 10.1. The molecule has 0 saturated heterocycles. The first kappa shape index (κ1) is 14.0. The van der Waals surface area contributed by atoms with E-state index >= 15 is 0 Å². The normalized spacial score (nSPS) is 12.0. The van der Waals surface area contributed by atoms with Crippen molar-refractivity contribution in [3.8, 4) is 0 Å². The molecule has 2 aromatic rings. The molecule has 1 N–H and O–H groups in total. The van der Waals surface area contributed by atoms with Crippen LogP contribution in [0.2, 0.25) is 0 Å². The van der Waals surface area contributed by atoms with Crippen LogP contribution in [-0.4, -0.2) is 10.9 Å². The number of nitrogens with zero attached hydrogens (tertiary/aromatic N) is 1. The molecule has 0 spiro atoms. The van der Waals surface area contributed by atoms with E-state index < -0.39 is 35.1 Å². The number of pyridine rings is 1. The number of halogens is 3. The highest BCUT2D eigenvalue weighted by atomic mass is 19.2. The molecular formula is C14H11F3N2O. The van der Waals surface area contributed by atoms with Gasteiger partial charge in [0.15, 0.2) is 5.82 Å². The molecule has 0 aliphatic heterocycles. The number of benzene rings is 1. The number of hydrogen-bond donors (Lipinski definition) is 1. The van der Waals surface area contributed by atoms with E-state index in [-0.39, 0.29) is 0 Å². The van der Waals surface area contributed by atoms with Gasteiger partial charge >= 0.3 is 0 Å². The van der Waals surface area contributed by atoms with E-state index in [4.69, 9.17) is 0 Å². The van der Waals surface area contributed by atoms with Crippen molar-refractivity contribution in [1.29, 1.82) is 0 Å². The zero-order valence-corrected chi connectivity index (χ0v) is 10.5. The fourth-order valence-electron chi connectivity index (χ4n) is 1.70. The van der Waals surface area contributed by atoms with Crippen molar-refractivity contribution in [2.24, 2.45) is 0 Å². The van der Waals surface area contributed by atoms with Crippen molar-refractivity contribution >= 4 is 5.91 Å². The van der Waals surface area contributed by atoms with Crippen LogP contribution in [0.3, 0.4) is 0 Å². The van der Waals surface area contributed by atoms with Crippen molar-refractivity contribution in [1.82, 2.24) is 10.3 Å². The Morgan fingerprint density at radius 2 is 1.80 bits per heavy atom. The summed E-state index contributed by atoms with van der Waals surface area (Å²) in [6, 6.07) is 6.13. The molecule has 104 valence electrons. The van der Waals surface area contributed by atoms with Gasteiger partial charge in [0.25, 0.3) is 5.91 Å². The summed E-state index contributed by atoms with van der Waals surface area (Å²) in [7, 11) is 0. The quantitative estimate of drug-likeness (QED) is 0.878. The van der Waals surface area contributed by atoms with Gasteiger partial charge in [-0.3, -0.25) is 4.79 Å². The highest BCUT2D eigenvalue weighted by Gasteiger charge is 2.18. The minimum atomic E-state index is -1.33. The molecule has 1 heterocycles. The third kappa shape index (κ3) is 2.96. The number of amides is 1. The zero-order chi connectivity index (χ0) is 14.7. The molecule has 0 fully saturated rings. The lowest BCUT2D eigenvalue weighted by molar-refractivity contribution is 0.0934. The van der Waals surface area contributed by atoms with E-state index in [1.807, 2.05) is 0 Å². The monoisotopic (exact) mass is 280 g/mol. The first-order valence-corrected chi connectivity index (χ1v) is 5.85. The third-order valence-electron chi connectivity index (χ3n) is 2.81. The SMILES string of the molecule is CC(NC(=O)c1ccnc(F)c1F)c1ccc(F)cc1. The molecule has 6 heteroatoms. The predicted octanol–water partition coefficient (Wildman–Crippen LogP) is 2.99. The molecule has 20 heavy (non-hydrogen) atoms. The Labute approximate surface area is 113 Å². The summed E-state index contributed by atoms with van der Waals surface area (Å²) < 4.78 is 39.1. The van der Waals surface area contributed by atoms with Crippen molar-refractivity contribution in [3.05, 3.63) is 65.2 Å². The van der Waals surface area contributed by atoms with E-state index in [0.29, 0.717) is 5.56 Å². The lowest BCUT2D eigenvalue weighted by Gasteiger charge is -2.14. The second-order valence-corrected chi connectivity index (χ2v) is 4.21. The van der Waals surface area contributed by atoms with Gasteiger partial charge in [0, 0.05) is 6.20 Å². The summed E-state index contributed by atoms with van der Waals surface area (Å²) in [5.74, 6) is -3.78. The summed E-state index contributed by atoms with van der Waals surface area (Å²) in [5.41, 5.74) is 0.223. The summed E-state index contributed by atoms with van der Waals surface area (Å²) in [5, 5.41) is 2.50. The smallest absolute Gasteiger partial charge is 0.254 e. The van der Waals surface area contributed by atoms with E-state index in [0.717, 1.165) is 12.3 Å². The molecular weight excluding hydrogens is 269 g/mol.